The van der Waals surface area contributed by atoms with Gasteiger partial charge in [0.2, 0.25) is 0 Å². The monoisotopic (exact) mass is 261 g/mol. The first-order valence-electron chi connectivity index (χ1n) is 5.66. The van der Waals surface area contributed by atoms with Gasteiger partial charge in [0.25, 0.3) is 0 Å². The highest BCUT2D eigenvalue weighted by molar-refractivity contribution is 7.17. The van der Waals surface area contributed by atoms with Crippen LogP contribution >= 0.6 is 11.3 Å². The molecule has 2 aromatic rings. The fourth-order valence-corrected chi connectivity index (χ4v) is 2.62. The number of hydrogen-bond donors (Lipinski definition) is 0. The van der Waals surface area contributed by atoms with Crippen molar-refractivity contribution >= 4 is 22.3 Å². The van der Waals surface area contributed by atoms with Gasteiger partial charge in [0.15, 0.2) is 10.9 Å². The Morgan fingerprint density at radius 1 is 1.39 bits per heavy atom. The topological polar surface area (TPSA) is 46.1 Å². The van der Waals surface area contributed by atoms with E-state index >= 15 is 0 Å². The molecule has 0 N–H and O–H groups in total. The highest BCUT2D eigenvalue weighted by atomic mass is 32.1. The lowest BCUT2D eigenvalue weighted by atomic mass is 10.2. The Hall–Kier alpha value is -1.75. The molecule has 2 rings (SSSR count). The Labute approximate surface area is 110 Å². The number of aromatic nitrogens is 2. The number of hydrogen-bond acceptors (Lipinski definition) is 5. The summed E-state index contributed by atoms with van der Waals surface area (Å²) in [6.07, 6.45) is 3.55. The van der Waals surface area contributed by atoms with Gasteiger partial charge in [0.05, 0.1) is 10.6 Å². The summed E-state index contributed by atoms with van der Waals surface area (Å²) in [5, 5.41) is 0.870. The van der Waals surface area contributed by atoms with E-state index in [1.807, 2.05) is 31.0 Å². The maximum atomic E-state index is 11.4. The minimum absolute atomic E-state index is 0.0774. The second-order valence-corrected chi connectivity index (χ2v) is 5.16. The number of anilines is 1. The van der Waals surface area contributed by atoms with E-state index in [0.29, 0.717) is 0 Å². The first-order valence-corrected chi connectivity index (χ1v) is 6.48. The number of aryl methyl sites for hydroxylation is 1. The minimum atomic E-state index is 0.0774. The minimum Gasteiger partial charge on any atom is -0.347 e. The molecule has 0 aliphatic rings. The number of rotatable bonds is 4. The third-order valence-electron chi connectivity index (χ3n) is 2.60. The lowest BCUT2D eigenvalue weighted by Gasteiger charge is -2.15. The molecule has 4 nitrogen and oxygen atoms in total. The van der Waals surface area contributed by atoms with Gasteiger partial charge in [0, 0.05) is 32.9 Å². The smallest absolute Gasteiger partial charge is 0.186 e. The zero-order valence-corrected chi connectivity index (χ0v) is 11.5. The Kier molecular flexibility index (Phi) is 3.72. The van der Waals surface area contributed by atoms with Gasteiger partial charge in [0.1, 0.15) is 0 Å². The van der Waals surface area contributed by atoms with Crippen LogP contribution in [0.3, 0.4) is 0 Å². The van der Waals surface area contributed by atoms with Crippen LogP contribution in [0.4, 0.5) is 5.13 Å². The van der Waals surface area contributed by atoms with Gasteiger partial charge in [-0.15, -0.1) is 0 Å². The molecule has 0 saturated carbocycles. The van der Waals surface area contributed by atoms with E-state index in [1.54, 1.807) is 19.3 Å². The van der Waals surface area contributed by atoms with Gasteiger partial charge in [-0.25, -0.2) is 4.98 Å². The van der Waals surface area contributed by atoms with Gasteiger partial charge in [-0.3, -0.25) is 9.78 Å². The Bertz CT molecular complexity index is 551. The Morgan fingerprint density at radius 3 is 2.61 bits per heavy atom. The van der Waals surface area contributed by atoms with Crippen molar-refractivity contribution in [3.63, 3.8) is 0 Å². The van der Waals surface area contributed by atoms with Gasteiger partial charge in [-0.05, 0) is 24.6 Å². The van der Waals surface area contributed by atoms with Crippen LogP contribution in [0.2, 0.25) is 0 Å². The molecule has 0 unspecified atom stereocenters. The van der Waals surface area contributed by atoms with Gasteiger partial charge in [-0.2, -0.15) is 0 Å². The quantitative estimate of drug-likeness (QED) is 0.794. The molecule has 0 aliphatic heterocycles. The Balaban J connectivity index is 2.17. The van der Waals surface area contributed by atoms with Crippen molar-refractivity contribution in [3.05, 3.63) is 40.7 Å². The maximum Gasteiger partial charge on any atom is 0.186 e. The molecule has 0 fully saturated rings. The van der Waals surface area contributed by atoms with Crippen molar-refractivity contribution in [2.24, 2.45) is 0 Å². The summed E-state index contributed by atoms with van der Waals surface area (Å²) in [7, 11) is 1.97. The molecule has 0 spiro atoms. The third-order valence-corrected chi connectivity index (χ3v) is 3.97. The number of carbonyl (C=O) groups is 1. The summed E-state index contributed by atoms with van der Waals surface area (Å²) in [4.78, 5) is 22.6. The molecule has 0 saturated heterocycles. The molecule has 0 atom stereocenters. The lowest BCUT2D eigenvalue weighted by Crippen LogP contribution is -2.15. The summed E-state index contributed by atoms with van der Waals surface area (Å²) in [6.45, 7) is 4.21. The van der Waals surface area contributed by atoms with Crippen LogP contribution in [0.1, 0.15) is 27.9 Å². The van der Waals surface area contributed by atoms with Crippen LogP contribution in [0.5, 0.6) is 0 Å². The molecule has 0 aliphatic carbocycles. The molecule has 0 aromatic carbocycles. The Morgan fingerprint density at radius 2 is 2.06 bits per heavy atom. The van der Waals surface area contributed by atoms with Crippen LogP contribution in [0.25, 0.3) is 0 Å². The SMILES string of the molecule is CC(=O)c1sc(N(C)Cc2ccncc2)nc1C. The first-order chi connectivity index (χ1) is 8.58. The number of Topliss-reactive ketones (excluding diaryl/α,β-unsaturated/α-hetero) is 1. The normalized spacial score (nSPS) is 10.4. The van der Waals surface area contributed by atoms with E-state index in [0.717, 1.165) is 22.2 Å². The fourth-order valence-electron chi connectivity index (χ4n) is 1.70. The van der Waals surface area contributed by atoms with E-state index in [4.69, 9.17) is 0 Å². The summed E-state index contributed by atoms with van der Waals surface area (Å²) in [5.74, 6) is 0.0774. The number of ketones is 1. The molecular weight excluding hydrogens is 246 g/mol. The standard InChI is InChI=1S/C13H15N3OS/c1-9-12(10(2)17)18-13(15-9)16(3)8-11-4-6-14-7-5-11/h4-7H,8H2,1-3H3. The molecule has 94 valence electrons. The summed E-state index contributed by atoms with van der Waals surface area (Å²) in [6, 6.07) is 3.95. The van der Waals surface area contributed by atoms with Crippen LogP contribution in [0, 0.1) is 6.92 Å². The summed E-state index contributed by atoms with van der Waals surface area (Å²) in [5.41, 5.74) is 1.98. The van der Waals surface area contributed by atoms with Crippen molar-refractivity contribution in [2.75, 3.05) is 11.9 Å². The van der Waals surface area contributed by atoms with Crippen LogP contribution in [0.15, 0.2) is 24.5 Å². The number of pyridine rings is 1. The zero-order valence-electron chi connectivity index (χ0n) is 10.7. The average molecular weight is 261 g/mol. The second kappa shape index (κ2) is 5.27. The van der Waals surface area contributed by atoms with Crippen molar-refractivity contribution in [3.8, 4) is 0 Å². The molecule has 0 radical (unpaired) electrons. The van der Waals surface area contributed by atoms with Crippen LogP contribution < -0.4 is 4.90 Å². The number of thiazole rings is 1. The van der Waals surface area contributed by atoms with Crippen molar-refractivity contribution in [1.82, 2.24) is 9.97 Å². The molecule has 2 heterocycles. The molecule has 0 amide bonds. The average Bonchev–Trinajstić information content (AvgIpc) is 2.73. The van der Waals surface area contributed by atoms with Crippen LogP contribution in [-0.2, 0) is 6.54 Å². The number of nitrogens with zero attached hydrogens (tertiary/aromatic N) is 3. The largest absolute Gasteiger partial charge is 0.347 e. The van der Waals surface area contributed by atoms with E-state index in [9.17, 15) is 4.79 Å². The van der Waals surface area contributed by atoms with E-state index in [2.05, 4.69) is 9.97 Å². The van der Waals surface area contributed by atoms with Gasteiger partial charge >= 0.3 is 0 Å². The lowest BCUT2D eigenvalue weighted by molar-refractivity contribution is 0.102. The van der Waals surface area contributed by atoms with Gasteiger partial charge in [-0.1, -0.05) is 11.3 Å². The van der Waals surface area contributed by atoms with Crippen molar-refractivity contribution in [1.29, 1.82) is 0 Å². The number of carbonyl (C=O) groups excluding carboxylic acids is 1. The van der Waals surface area contributed by atoms with E-state index in [-0.39, 0.29) is 5.78 Å². The van der Waals surface area contributed by atoms with Crippen LogP contribution in [-0.4, -0.2) is 22.8 Å². The molecular formula is C13H15N3OS. The molecule has 2 aromatic heterocycles. The molecule has 18 heavy (non-hydrogen) atoms. The predicted molar refractivity (Wildman–Crippen MR) is 73.2 cm³/mol. The molecule has 0 bridgehead atoms. The maximum absolute atomic E-state index is 11.4. The van der Waals surface area contributed by atoms with Crippen molar-refractivity contribution in [2.45, 2.75) is 20.4 Å². The fraction of sp³-hybridized carbons (Fsp3) is 0.308. The summed E-state index contributed by atoms with van der Waals surface area (Å²) >= 11 is 1.44. The second-order valence-electron chi connectivity index (χ2n) is 4.18. The van der Waals surface area contributed by atoms with Crippen molar-refractivity contribution < 1.29 is 4.79 Å². The molecule has 5 heteroatoms. The summed E-state index contributed by atoms with van der Waals surface area (Å²) < 4.78 is 0. The highest BCUT2D eigenvalue weighted by Crippen LogP contribution is 2.26. The van der Waals surface area contributed by atoms with Gasteiger partial charge < -0.3 is 4.90 Å². The zero-order chi connectivity index (χ0) is 13.1. The first kappa shape index (κ1) is 12.7. The highest BCUT2D eigenvalue weighted by Gasteiger charge is 2.14. The van der Waals surface area contributed by atoms with E-state index < -0.39 is 0 Å². The predicted octanol–water partition coefficient (Wildman–Crippen LogP) is 2.69. The third kappa shape index (κ3) is 2.73. The van der Waals surface area contributed by atoms with E-state index in [1.165, 1.54) is 16.9 Å².